The fourth-order valence-corrected chi connectivity index (χ4v) is 5.64. The Balaban J connectivity index is 1.38. The summed E-state index contributed by atoms with van der Waals surface area (Å²) in [6, 6.07) is 34.9. The second-order valence-corrected chi connectivity index (χ2v) is 9.69. The summed E-state index contributed by atoms with van der Waals surface area (Å²) in [4.78, 5) is 9.83. The summed E-state index contributed by atoms with van der Waals surface area (Å²) in [7, 11) is 0. The second-order valence-electron chi connectivity index (χ2n) is 9.69. The molecule has 1 aliphatic rings. The molecular formula is C32H22N6O. The maximum Gasteiger partial charge on any atom is 0.230 e. The molecule has 8 rings (SSSR count). The van der Waals surface area contributed by atoms with Crippen LogP contribution in [-0.2, 0) is 0 Å². The maximum absolute atomic E-state index is 6.54. The summed E-state index contributed by atoms with van der Waals surface area (Å²) >= 11 is 0. The van der Waals surface area contributed by atoms with E-state index in [9.17, 15) is 0 Å². The Morgan fingerprint density at radius 3 is 2.33 bits per heavy atom. The highest BCUT2D eigenvalue weighted by atomic mass is 16.5. The normalized spacial score (nSPS) is 14.2. The first-order valence-corrected chi connectivity index (χ1v) is 12.9. The van der Waals surface area contributed by atoms with Gasteiger partial charge in [-0.25, -0.2) is 19.2 Å². The maximum atomic E-state index is 6.54. The van der Waals surface area contributed by atoms with E-state index in [4.69, 9.17) is 24.9 Å². The molecule has 0 saturated carbocycles. The predicted molar refractivity (Wildman–Crippen MR) is 149 cm³/mol. The first kappa shape index (κ1) is 21.8. The molecule has 0 aliphatic carbocycles. The molecule has 1 atom stereocenters. The Kier molecular flexibility index (Phi) is 4.66. The van der Waals surface area contributed by atoms with Crippen molar-refractivity contribution in [2.75, 3.05) is 0 Å². The monoisotopic (exact) mass is 506 g/mol. The van der Waals surface area contributed by atoms with Crippen LogP contribution >= 0.6 is 0 Å². The molecule has 0 radical (unpaired) electrons. The van der Waals surface area contributed by atoms with E-state index >= 15 is 0 Å². The Hall–Kier alpha value is -5.30. The molecule has 0 bridgehead atoms. The van der Waals surface area contributed by atoms with Gasteiger partial charge in [0.25, 0.3) is 0 Å². The van der Waals surface area contributed by atoms with Crippen molar-refractivity contribution in [3.05, 3.63) is 132 Å². The quantitative estimate of drug-likeness (QED) is 0.266. The van der Waals surface area contributed by atoms with Crippen LogP contribution in [0.1, 0.15) is 28.3 Å². The number of para-hydroxylation sites is 1. The molecule has 0 amide bonds. The third kappa shape index (κ3) is 3.30. The van der Waals surface area contributed by atoms with E-state index in [-0.39, 0.29) is 5.92 Å². The zero-order valence-electron chi connectivity index (χ0n) is 21.1. The molecule has 7 aromatic rings. The topological polar surface area (TPSA) is 70.1 Å². The molecule has 7 heteroatoms. The van der Waals surface area contributed by atoms with E-state index in [0.29, 0.717) is 23.2 Å². The van der Waals surface area contributed by atoms with Crippen molar-refractivity contribution >= 4 is 16.4 Å². The highest BCUT2D eigenvalue weighted by molar-refractivity contribution is 5.95. The first-order chi connectivity index (χ1) is 19.3. The summed E-state index contributed by atoms with van der Waals surface area (Å²) in [6.07, 6.45) is 1.68. The molecule has 3 aromatic heterocycles. The molecule has 186 valence electrons. The average molecular weight is 507 g/mol. The van der Waals surface area contributed by atoms with Gasteiger partial charge in [-0.2, -0.15) is 5.10 Å². The van der Waals surface area contributed by atoms with Crippen LogP contribution in [0.2, 0.25) is 0 Å². The Morgan fingerprint density at radius 1 is 0.744 bits per heavy atom. The smallest absolute Gasteiger partial charge is 0.230 e. The minimum absolute atomic E-state index is 0.178. The summed E-state index contributed by atoms with van der Waals surface area (Å²) < 4.78 is 10.2. The highest BCUT2D eigenvalue weighted by Gasteiger charge is 2.38. The Labute approximate surface area is 224 Å². The molecule has 0 fully saturated rings. The van der Waals surface area contributed by atoms with Crippen LogP contribution in [0.3, 0.4) is 0 Å². The minimum atomic E-state index is -0.178. The van der Waals surface area contributed by atoms with Gasteiger partial charge in [0.05, 0.1) is 28.4 Å². The number of benzene rings is 4. The zero-order valence-corrected chi connectivity index (χ0v) is 21.1. The van der Waals surface area contributed by atoms with E-state index in [2.05, 4.69) is 48.5 Å². The van der Waals surface area contributed by atoms with Crippen molar-refractivity contribution in [1.82, 2.24) is 29.4 Å². The largest absolute Gasteiger partial charge is 0.420 e. The van der Waals surface area contributed by atoms with Crippen LogP contribution < -0.4 is 4.74 Å². The zero-order chi connectivity index (χ0) is 25.9. The van der Waals surface area contributed by atoms with E-state index in [1.807, 2.05) is 66.2 Å². The number of hydrogen-bond donors (Lipinski definition) is 0. The summed E-state index contributed by atoms with van der Waals surface area (Å²) in [6.45, 7) is 2.03. The van der Waals surface area contributed by atoms with Crippen LogP contribution in [0.25, 0.3) is 33.5 Å². The van der Waals surface area contributed by atoms with E-state index in [1.54, 1.807) is 10.8 Å². The number of nitrogens with zero attached hydrogens (tertiary/aromatic N) is 6. The third-order valence-corrected chi connectivity index (χ3v) is 7.38. The number of fused-ring (bicyclic) bond motifs is 5. The van der Waals surface area contributed by atoms with Gasteiger partial charge in [-0.1, -0.05) is 91.0 Å². The SMILES string of the molecule is Cc1nn(-c2ccccc2)c2c1[C@@H](c1ccccc1)c1c(ncn3nc(-c4cccc5ccccc45)nc13)O2. The van der Waals surface area contributed by atoms with E-state index < -0.39 is 0 Å². The molecule has 7 nitrogen and oxygen atoms in total. The minimum Gasteiger partial charge on any atom is -0.420 e. The summed E-state index contributed by atoms with van der Waals surface area (Å²) in [5, 5.41) is 12.0. The van der Waals surface area contributed by atoms with Gasteiger partial charge < -0.3 is 4.74 Å². The van der Waals surface area contributed by atoms with Crippen molar-refractivity contribution in [3.8, 4) is 28.8 Å². The van der Waals surface area contributed by atoms with Crippen molar-refractivity contribution in [2.45, 2.75) is 12.8 Å². The van der Waals surface area contributed by atoms with Crippen molar-refractivity contribution in [2.24, 2.45) is 0 Å². The molecule has 0 spiro atoms. The van der Waals surface area contributed by atoms with Gasteiger partial charge in [0.2, 0.25) is 11.8 Å². The van der Waals surface area contributed by atoms with Crippen molar-refractivity contribution in [3.63, 3.8) is 0 Å². The first-order valence-electron chi connectivity index (χ1n) is 12.9. The van der Waals surface area contributed by atoms with Crippen molar-refractivity contribution < 1.29 is 4.74 Å². The highest BCUT2D eigenvalue weighted by Crippen LogP contribution is 2.49. The Morgan fingerprint density at radius 2 is 1.49 bits per heavy atom. The molecule has 4 heterocycles. The summed E-state index contributed by atoms with van der Waals surface area (Å²) in [5.41, 5.74) is 6.52. The molecule has 0 unspecified atom stereocenters. The van der Waals surface area contributed by atoms with Gasteiger partial charge in [-0.15, -0.1) is 5.10 Å². The molecule has 0 N–H and O–H groups in total. The lowest BCUT2D eigenvalue weighted by molar-refractivity contribution is 0.402. The standard InChI is InChI=1S/C32H22N6O/c1-20-26-27(22-12-4-2-5-13-22)28-30-34-29(25-18-10-14-21-11-8-9-17-24(21)25)36-37(30)19-33-31(28)39-32(26)38(35-20)23-15-6-3-7-16-23/h2-19,27H,1H3/t27-/m1/s1. The van der Waals surface area contributed by atoms with Crippen LogP contribution in [0.5, 0.6) is 11.8 Å². The van der Waals surface area contributed by atoms with Crippen molar-refractivity contribution in [1.29, 1.82) is 0 Å². The van der Waals surface area contributed by atoms with Crippen LogP contribution in [-0.4, -0.2) is 29.4 Å². The van der Waals surface area contributed by atoms with Gasteiger partial charge in [0.1, 0.15) is 6.33 Å². The van der Waals surface area contributed by atoms with Gasteiger partial charge in [0.15, 0.2) is 11.5 Å². The third-order valence-electron chi connectivity index (χ3n) is 7.38. The molecule has 39 heavy (non-hydrogen) atoms. The van der Waals surface area contributed by atoms with Crippen LogP contribution in [0.4, 0.5) is 0 Å². The molecule has 4 aromatic carbocycles. The van der Waals surface area contributed by atoms with E-state index in [1.165, 1.54) is 0 Å². The number of hydrogen-bond acceptors (Lipinski definition) is 5. The van der Waals surface area contributed by atoms with Gasteiger partial charge in [-0.05, 0) is 35.4 Å². The Bertz CT molecular complexity index is 2000. The van der Waals surface area contributed by atoms with Crippen LogP contribution in [0.15, 0.2) is 109 Å². The van der Waals surface area contributed by atoms with E-state index in [0.717, 1.165) is 44.4 Å². The lowest BCUT2D eigenvalue weighted by Crippen LogP contribution is -2.16. The lowest BCUT2D eigenvalue weighted by Gasteiger charge is -2.26. The number of ether oxygens (including phenoxy) is 1. The molecule has 0 saturated heterocycles. The lowest BCUT2D eigenvalue weighted by atomic mass is 9.84. The second kappa shape index (κ2) is 8.36. The predicted octanol–water partition coefficient (Wildman–Crippen LogP) is 6.72. The molecular weight excluding hydrogens is 484 g/mol. The number of aryl methyl sites for hydroxylation is 1. The fourth-order valence-electron chi connectivity index (χ4n) is 5.64. The number of rotatable bonds is 3. The number of aromatic nitrogens is 6. The van der Waals surface area contributed by atoms with Gasteiger partial charge in [-0.3, -0.25) is 0 Å². The average Bonchev–Trinajstić information content (AvgIpc) is 3.58. The van der Waals surface area contributed by atoms with Gasteiger partial charge >= 0.3 is 0 Å². The summed E-state index contributed by atoms with van der Waals surface area (Å²) in [5.74, 6) is 1.66. The molecule has 1 aliphatic heterocycles. The fraction of sp³-hybridized carbons (Fsp3) is 0.0625. The van der Waals surface area contributed by atoms with Gasteiger partial charge in [0, 0.05) is 5.56 Å². The van der Waals surface area contributed by atoms with Crippen LogP contribution in [0, 0.1) is 6.92 Å².